The lowest BCUT2D eigenvalue weighted by Gasteiger charge is -1.96. The van der Waals surface area contributed by atoms with Gasteiger partial charge in [-0.2, -0.15) is 0 Å². The average molecular weight is 157 g/mol. The predicted molar refractivity (Wildman–Crippen MR) is 31.9 cm³/mol. The minimum atomic E-state index is -1.61. The normalized spacial score (nSPS) is 10.6. The van der Waals surface area contributed by atoms with Gasteiger partial charge in [0.15, 0.2) is 0 Å². The third-order valence-corrected chi connectivity index (χ3v) is 0.631. The summed E-state index contributed by atoms with van der Waals surface area (Å²) < 4.78 is 0. The molecular formula is C3H11NO6. The van der Waals surface area contributed by atoms with Gasteiger partial charge in [0.25, 0.3) is 0 Å². The molecule has 0 aromatic heterocycles. The molecule has 7 heteroatoms. The summed E-state index contributed by atoms with van der Waals surface area (Å²) in [7, 11) is 0. The van der Waals surface area contributed by atoms with Gasteiger partial charge < -0.3 is 21.2 Å². The number of nitrogens with zero attached hydrogens (tertiary/aromatic N) is 1. The molecule has 1 unspecified atom stereocenters. The Kier molecular flexibility index (Phi) is 13.3. The van der Waals surface area contributed by atoms with Crippen LogP contribution in [0.5, 0.6) is 0 Å². The molecule has 0 aliphatic carbocycles. The Hall–Kier alpha value is -0.760. The molecule has 0 spiro atoms. The van der Waals surface area contributed by atoms with Crippen LogP contribution in [0, 0.1) is 10.1 Å². The van der Waals surface area contributed by atoms with Gasteiger partial charge in [-0.3, -0.25) is 10.1 Å². The van der Waals surface area contributed by atoms with E-state index in [0.717, 1.165) is 0 Å². The van der Waals surface area contributed by atoms with E-state index in [1.54, 1.807) is 0 Å². The van der Waals surface area contributed by atoms with Crippen LogP contribution >= 0.6 is 0 Å². The quantitative estimate of drug-likeness (QED) is 0.261. The molecule has 0 fully saturated rings. The number of nitro groups is 1. The van der Waals surface area contributed by atoms with Crippen LogP contribution in [0.3, 0.4) is 0 Å². The second kappa shape index (κ2) is 8.24. The molecule has 6 N–H and O–H groups in total. The first-order valence-electron chi connectivity index (χ1n) is 2.11. The first kappa shape index (κ1) is 16.1. The highest BCUT2D eigenvalue weighted by molar-refractivity contribution is 4.34. The molecule has 0 saturated carbocycles. The Morgan fingerprint density at radius 2 is 1.90 bits per heavy atom. The van der Waals surface area contributed by atoms with Crippen molar-refractivity contribution in [1.82, 2.24) is 0 Å². The molecule has 0 heterocycles. The Morgan fingerprint density at radius 1 is 1.50 bits per heavy atom. The fourth-order valence-corrected chi connectivity index (χ4v) is 0.221. The first-order valence-corrected chi connectivity index (χ1v) is 2.11. The molecule has 0 aromatic rings. The van der Waals surface area contributed by atoms with Gasteiger partial charge >= 0.3 is 6.23 Å². The van der Waals surface area contributed by atoms with Gasteiger partial charge in [-0.25, -0.2) is 0 Å². The smallest absolute Gasteiger partial charge is 0.315 e. The summed E-state index contributed by atoms with van der Waals surface area (Å²) in [5.74, 6) is 0. The van der Waals surface area contributed by atoms with Gasteiger partial charge in [0.05, 0.1) is 18.0 Å². The molecule has 0 radical (unpaired) electrons. The summed E-state index contributed by atoms with van der Waals surface area (Å²) in [6.07, 6.45) is -1.81. The Labute approximate surface area is 56.7 Å². The van der Waals surface area contributed by atoms with Crippen LogP contribution in [0.1, 0.15) is 6.42 Å². The number of rotatable bonds is 3. The topological polar surface area (TPSA) is 147 Å². The van der Waals surface area contributed by atoms with E-state index in [4.69, 9.17) is 10.2 Å². The summed E-state index contributed by atoms with van der Waals surface area (Å²) in [5.41, 5.74) is 0. The van der Waals surface area contributed by atoms with Crippen LogP contribution in [-0.2, 0) is 0 Å². The van der Waals surface area contributed by atoms with E-state index >= 15 is 0 Å². The van der Waals surface area contributed by atoms with Crippen LogP contribution in [0.2, 0.25) is 0 Å². The van der Waals surface area contributed by atoms with Gasteiger partial charge in [-0.1, -0.05) is 0 Å². The van der Waals surface area contributed by atoms with Crippen LogP contribution < -0.4 is 0 Å². The van der Waals surface area contributed by atoms with Gasteiger partial charge in [0.2, 0.25) is 0 Å². The van der Waals surface area contributed by atoms with Crippen molar-refractivity contribution in [3.05, 3.63) is 10.1 Å². The van der Waals surface area contributed by atoms with Crippen molar-refractivity contribution in [2.24, 2.45) is 0 Å². The lowest BCUT2D eigenvalue weighted by Crippen LogP contribution is -2.19. The minimum absolute atomic E-state index is 0. The lowest BCUT2D eigenvalue weighted by molar-refractivity contribution is -0.571. The third kappa shape index (κ3) is 7.24. The SMILES string of the molecule is O.O.O=[N+]([O-])C(O)CCO. The fourth-order valence-electron chi connectivity index (χ4n) is 0.221. The zero-order valence-corrected chi connectivity index (χ0v) is 5.15. The second-order valence-electron chi connectivity index (χ2n) is 1.28. The van der Waals surface area contributed by atoms with Crippen molar-refractivity contribution in [2.75, 3.05) is 6.61 Å². The molecule has 10 heavy (non-hydrogen) atoms. The molecule has 0 aliphatic rings. The second-order valence-corrected chi connectivity index (χ2v) is 1.28. The number of aliphatic hydroxyl groups is 2. The average Bonchev–Trinajstić information content (AvgIpc) is 1.67. The molecule has 0 rings (SSSR count). The van der Waals surface area contributed by atoms with Gasteiger partial charge in [-0.15, -0.1) is 0 Å². The summed E-state index contributed by atoms with van der Waals surface area (Å²) >= 11 is 0. The van der Waals surface area contributed by atoms with Gasteiger partial charge in [0, 0.05) is 0 Å². The summed E-state index contributed by atoms with van der Waals surface area (Å²) in [5, 5.41) is 25.8. The van der Waals surface area contributed by atoms with Crippen molar-refractivity contribution in [3.63, 3.8) is 0 Å². The Morgan fingerprint density at radius 3 is 2.00 bits per heavy atom. The highest BCUT2D eigenvalue weighted by atomic mass is 16.7. The molecule has 0 bridgehead atoms. The van der Waals surface area contributed by atoms with E-state index in [1.807, 2.05) is 0 Å². The highest BCUT2D eigenvalue weighted by Gasteiger charge is 2.12. The molecule has 1 atom stereocenters. The molecule has 0 aliphatic heterocycles. The molecule has 7 nitrogen and oxygen atoms in total. The van der Waals surface area contributed by atoms with E-state index in [0.29, 0.717) is 0 Å². The zero-order valence-electron chi connectivity index (χ0n) is 5.15. The van der Waals surface area contributed by atoms with E-state index in [9.17, 15) is 10.1 Å². The highest BCUT2D eigenvalue weighted by Crippen LogP contribution is 1.88. The van der Waals surface area contributed by atoms with Crippen molar-refractivity contribution >= 4 is 0 Å². The molecule has 0 aromatic carbocycles. The van der Waals surface area contributed by atoms with Crippen molar-refractivity contribution in [2.45, 2.75) is 12.6 Å². The van der Waals surface area contributed by atoms with Crippen molar-refractivity contribution in [1.29, 1.82) is 0 Å². The summed E-state index contributed by atoms with van der Waals surface area (Å²) in [4.78, 5) is 8.68. The summed E-state index contributed by atoms with van der Waals surface area (Å²) in [6.45, 7) is -0.359. The number of hydrogen-bond acceptors (Lipinski definition) is 4. The largest absolute Gasteiger partial charge is 0.412 e. The molecular weight excluding hydrogens is 146 g/mol. The number of hydrogen-bond donors (Lipinski definition) is 2. The lowest BCUT2D eigenvalue weighted by atomic mass is 10.4. The van der Waals surface area contributed by atoms with Crippen molar-refractivity contribution in [3.8, 4) is 0 Å². The monoisotopic (exact) mass is 157 g/mol. The maximum atomic E-state index is 9.53. The Bertz CT molecular complexity index is 85.1. The van der Waals surface area contributed by atoms with Gasteiger partial charge in [0.1, 0.15) is 0 Å². The van der Waals surface area contributed by atoms with E-state index in [-0.39, 0.29) is 24.0 Å². The van der Waals surface area contributed by atoms with Crippen molar-refractivity contribution < 1.29 is 26.1 Å². The van der Waals surface area contributed by atoms with E-state index in [1.165, 1.54) is 0 Å². The molecule has 0 saturated heterocycles. The van der Waals surface area contributed by atoms with E-state index in [2.05, 4.69) is 0 Å². The van der Waals surface area contributed by atoms with E-state index < -0.39 is 11.2 Å². The summed E-state index contributed by atoms with van der Waals surface area (Å²) in [6, 6.07) is 0. The maximum Gasteiger partial charge on any atom is 0.315 e. The predicted octanol–water partition coefficient (Wildman–Crippen LogP) is -2.69. The fraction of sp³-hybridized carbons (Fsp3) is 1.00. The first-order chi connectivity index (χ1) is 3.68. The van der Waals surface area contributed by atoms with Gasteiger partial charge in [-0.05, 0) is 0 Å². The number of aliphatic hydroxyl groups excluding tert-OH is 2. The molecule has 64 valence electrons. The zero-order chi connectivity index (χ0) is 6.57. The molecule has 0 amide bonds. The standard InChI is InChI=1S/C3H7NO4.2H2O/c5-2-1-3(6)4(7)8;;/h3,5-6H,1-2H2;2*1H2. The van der Waals surface area contributed by atoms with Crippen LogP contribution in [0.15, 0.2) is 0 Å². The van der Waals surface area contributed by atoms with Crippen LogP contribution in [0.4, 0.5) is 0 Å². The van der Waals surface area contributed by atoms with Crippen LogP contribution in [0.25, 0.3) is 0 Å². The third-order valence-electron chi connectivity index (χ3n) is 0.631. The minimum Gasteiger partial charge on any atom is -0.412 e. The van der Waals surface area contributed by atoms with Crippen LogP contribution in [-0.4, -0.2) is 38.9 Å². The maximum absolute atomic E-state index is 9.53. The Balaban J connectivity index is -0.000000245.